The van der Waals surface area contributed by atoms with Crippen LogP contribution in [0.25, 0.3) is 0 Å². The van der Waals surface area contributed by atoms with E-state index in [1.165, 1.54) is 24.1 Å². The molecule has 0 amide bonds. The summed E-state index contributed by atoms with van der Waals surface area (Å²) in [7, 11) is 0. The number of anilines is 1. The van der Waals surface area contributed by atoms with Gasteiger partial charge in [0, 0.05) is 17.2 Å². The molecule has 0 saturated heterocycles. The van der Waals surface area contributed by atoms with Crippen LogP contribution in [0.5, 0.6) is 0 Å². The Bertz CT molecular complexity index is 321. The summed E-state index contributed by atoms with van der Waals surface area (Å²) in [6.45, 7) is 6.64. The maximum atomic E-state index is 5.85. The molecule has 78 valence electrons. The van der Waals surface area contributed by atoms with Gasteiger partial charge in [-0.25, -0.2) is 0 Å². The predicted molar refractivity (Wildman–Crippen MR) is 58.2 cm³/mol. The summed E-state index contributed by atoms with van der Waals surface area (Å²) < 4.78 is 0. The third kappa shape index (κ3) is 1.41. The number of aromatic amines is 1. The molecule has 0 bridgehead atoms. The number of H-pyrrole nitrogens is 1. The van der Waals surface area contributed by atoms with Crippen molar-refractivity contribution in [2.24, 2.45) is 5.92 Å². The molecule has 1 aromatic heterocycles. The van der Waals surface area contributed by atoms with Crippen LogP contribution in [0, 0.1) is 5.92 Å². The standard InChI is InChI=1S/C11H19N3/c1-6(2)9-10(13-14-11(9)12)8-4-7(3)5-8/h6-8H,4-5H2,1-3H3,(H3,12,13,14). The van der Waals surface area contributed by atoms with Crippen LogP contribution in [0.4, 0.5) is 5.82 Å². The zero-order valence-electron chi connectivity index (χ0n) is 9.17. The minimum Gasteiger partial charge on any atom is -0.382 e. The van der Waals surface area contributed by atoms with E-state index in [2.05, 4.69) is 31.0 Å². The van der Waals surface area contributed by atoms with Gasteiger partial charge in [-0.15, -0.1) is 0 Å². The molecule has 0 aliphatic heterocycles. The van der Waals surface area contributed by atoms with E-state index in [9.17, 15) is 0 Å². The van der Waals surface area contributed by atoms with Gasteiger partial charge in [-0.3, -0.25) is 5.10 Å². The van der Waals surface area contributed by atoms with Crippen LogP contribution in [-0.2, 0) is 0 Å². The first-order valence-electron chi connectivity index (χ1n) is 5.43. The van der Waals surface area contributed by atoms with Gasteiger partial charge in [0.2, 0.25) is 0 Å². The molecular weight excluding hydrogens is 174 g/mol. The van der Waals surface area contributed by atoms with Gasteiger partial charge in [-0.05, 0) is 24.7 Å². The van der Waals surface area contributed by atoms with Gasteiger partial charge in [0.25, 0.3) is 0 Å². The molecule has 2 rings (SSSR count). The average molecular weight is 193 g/mol. The number of rotatable bonds is 2. The Labute approximate surface area is 85.1 Å². The molecule has 1 saturated carbocycles. The van der Waals surface area contributed by atoms with E-state index < -0.39 is 0 Å². The first-order valence-corrected chi connectivity index (χ1v) is 5.43. The summed E-state index contributed by atoms with van der Waals surface area (Å²) in [4.78, 5) is 0. The number of hydrogen-bond acceptors (Lipinski definition) is 2. The van der Waals surface area contributed by atoms with Gasteiger partial charge in [0.05, 0.1) is 0 Å². The third-order valence-corrected chi connectivity index (χ3v) is 3.22. The average Bonchev–Trinajstić information content (AvgIpc) is 2.41. The second kappa shape index (κ2) is 3.30. The monoisotopic (exact) mass is 193 g/mol. The summed E-state index contributed by atoms with van der Waals surface area (Å²) in [6, 6.07) is 0. The maximum Gasteiger partial charge on any atom is 0.148 e. The van der Waals surface area contributed by atoms with Crippen molar-refractivity contribution in [3.8, 4) is 0 Å². The second-order valence-electron chi connectivity index (χ2n) is 4.86. The summed E-state index contributed by atoms with van der Waals surface area (Å²) in [6.07, 6.45) is 2.56. The number of hydrogen-bond donors (Lipinski definition) is 2. The van der Waals surface area contributed by atoms with Gasteiger partial charge >= 0.3 is 0 Å². The minimum absolute atomic E-state index is 0.472. The number of aromatic nitrogens is 2. The molecule has 1 aliphatic rings. The molecule has 1 fully saturated rings. The molecule has 1 aliphatic carbocycles. The van der Waals surface area contributed by atoms with Crippen molar-refractivity contribution in [1.29, 1.82) is 0 Å². The number of nitrogens with zero attached hydrogens (tertiary/aromatic N) is 1. The van der Waals surface area contributed by atoms with Crippen molar-refractivity contribution in [2.75, 3.05) is 5.73 Å². The molecule has 0 radical (unpaired) electrons. The smallest absolute Gasteiger partial charge is 0.148 e. The lowest BCUT2D eigenvalue weighted by Gasteiger charge is -2.32. The number of nitrogens with one attached hydrogen (secondary N) is 1. The molecule has 3 heteroatoms. The Morgan fingerprint density at radius 2 is 2.07 bits per heavy atom. The van der Waals surface area contributed by atoms with Crippen molar-refractivity contribution in [2.45, 2.75) is 45.4 Å². The molecule has 1 heterocycles. The fourth-order valence-electron chi connectivity index (χ4n) is 2.43. The van der Waals surface area contributed by atoms with E-state index in [-0.39, 0.29) is 0 Å². The fraction of sp³-hybridized carbons (Fsp3) is 0.727. The summed E-state index contributed by atoms with van der Waals surface area (Å²) >= 11 is 0. The summed E-state index contributed by atoms with van der Waals surface area (Å²) in [5.41, 5.74) is 8.38. The van der Waals surface area contributed by atoms with E-state index in [1.807, 2.05) is 0 Å². The molecule has 0 spiro atoms. The molecule has 14 heavy (non-hydrogen) atoms. The van der Waals surface area contributed by atoms with Crippen molar-refractivity contribution in [3.05, 3.63) is 11.3 Å². The zero-order valence-corrected chi connectivity index (χ0v) is 9.17. The Morgan fingerprint density at radius 1 is 1.43 bits per heavy atom. The van der Waals surface area contributed by atoms with Gasteiger partial charge in [-0.2, -0.15) is 5.10 Å². The fourth-order valence-corrected chi connectivity index (χ4v) is 2.43. The normalized spacial score (nSPS) is 26.6. The first-order chi connectivity index (χ1) is 6.59. The van der Waals surface area contributed by atoms with Crippen molar-refractivity contribution in [3.63, 3.8) is 0 Å². The molecule has 0 aromatic carbocycles. The minimum atomic E-state index is 0.472. The van der Waals surface area contributed by atoms with E-state index >= 15 is 0 Å². The lowest BCUT2D eigenvalue weighted by atomic mass is 9.73. The molecule has 0 unspecified atom stereocenters. The Hall–Kier alpha value is -0.990. The van der Waals surface area contributed by atoms with E-state index in [0.29, 0.717) is 17.7 Å². The molecule has 3 nitrogen and oxygen atoms in total. The van der Waals surface area contributed by atoms with Crippen LogP contribution in [-0.4, -0.2) is 10.2 Å². The Balaban J connectivity index is 2.25. The third-order valence-electron chi connectivity index (χ3n) is 3.22. The Kier molecular flexibility index (Phi) is 2.25. The van der Waals surface area contributed by atoms with Crippen molar-refractivity contribution < 1.29 is 0 Å². The molecular formula is C11H19N3. The van der Waals surface area contributed by atoms with Crippen LogP contribution < -0.4 is 5.73 Å². The SMILES string of the molecule is CC1CC(c2[nH]nc(N)c2C(C)C)C1. The highest BCUT2D eigenvalue weighted by molar-refractivity contribution is 5.46. The number of nitrogens with two attached hydrogens (primary N) is 1. The van der Waals surface area contributed by atoms with Crippen LogP contribution in [0.3, 0.4) is 0 Å². The Morgan fingerprint density at radius 3 is 2.57 bits per heavy atom. The quantitative estimate of drug-likeness (QED) is 0.758. The van der Waals surface area contributed by atoms with Crippen molar-refractivity contribution >= 4 is 5.82 Å². The molecule has 1 aromatic rings. The van der Waals surface area contributed by atoms with E-state index in [0.717, 1.165) is 5.92 Å². The predicted octanol–water partition coefficient (Wildman–Crippen LogP) is 2.63. The topological polar surface area (TPSA) is 54.7 Å². The highest BCUT2D eigenvalue weighted by Crippen LogP contribution is 2.43. The molecule has 0 atom stereocenters. The van der Waals surface area contributed by atoms with Crippen molar-refractivity contribution in [1.82, 2.24) is 10.2 Å². The van der Waals surface area contributed by atoms with Gasteiger partial charge in [0.15, 0.2) is 0 Å². The van der Waals surface area contributed by atoms with Gasteiger partial charge in [-0.1, -0.05) is 20.8 Å². The highest BCUT2D eigenvalue weighted by Gasteiger charge is 2.31. The maximum absolute atomic E-state index is 5.85. The second-order valence-corrected chi connectivity index (χ2v) is 4.86. The highest BCUT2D eigenvalue weighted by atomic mass is 15.2. The van der Waals surface area contributed by atoms with Crippen LogP contribution in [0.15, 0.2) is 0 Å². The van der Waals surface area contributed by atoms with Crippen LogP contribution in [0.1, 0.15) is 56.7 Å². The van der Waals surface area contributed by atoms with Crippen LogP contribution in [0.2, 0.25) is 0 Å². The lowest BCUT2D eigenvalue weighted by molar-refractivity contribution is 0.282. The summed E-state index contributed by atoms with van der Waals surface area (Å²) in [5, 5.41) is 7.22. The van der Waals surface area contributed by atoms with Crippen LogP contribution >= 0.6 is 0 Å². The number of nitrogen functional groups attached to an aromatic ring is 1. The lowest BCUT2D eigenvalue weighted by Crippen LogP contribution is -2.20. The van der Waals surface area contributed by atoms with E-state index in [1.54, 1.807) is 0 Å². The largest absolute Gasteiger partial charge is 0.382 e. The first kappa shape index (κ1) is 9.56. The summed E-state index contributed by atoms with van der Waals surface area (Å²) in [5.74, 6) is 2.70. The zero-order chi connectivity index (χ0) is 10.3. The van der Waals surface area contributed by atoms with E-state index in [4.69, 9.17) is 5.73 Å². The molecule has 3 N–H and O–H groups in total. The van der Waals surface area contributed by atoms with Gasteiger partial charge in [0.1, 0.15) is 5.82 Å². The van der Waals surface area contributed by atoms with Gasteiger partial charge < -0.3 is 5.73 Å².